The maximum Gasteiger partial charge on any atom is 0.270 e. The van der Waals surface area contributed by atoms with Crippen LogP contribution in [0.3, 0.4) is 0 Å². The number of amides is 2. The number of halogens is 1. The first-order valence-electron chi connectivity index (χ1n) is 12.2. The van der Waals surface area contributed by atoms with Gasteiger partial charge in [-0.15, -0.1) is 0 Å². The summed E-state index contributed by atoms with van der Waals surface area (Å²) >= 11 is 0. The van der Waals surface area contributed by atoms with E-state index < -0.39 is 39.3 Å². The number of aromatic nitrogens is 2. The summed E-state index contributed by atoms with van der Waals surface area (Å²) in [6, 6.07) is 5.54. The average Bonchev–Trinajstić information content (AvgIpc) is 3.37. The van der Waals surface area contributed by atoms with Crippen LogP contribution in [-0.2, 0) is 26.0 Å². The summed E-state index contributed by atoms with van der Waals surface area (Å²) in [4.78, 5) is 41.4. The molecule has 1 saturated heterocycles. The number of hydrogen-bond acceptors (Lipinski definition) is 9. The highest BCUT2D eigenvalue weighted by molar-refractivity contribution is 7.91. The van der Waals surface area contributed by atoms with E-state index >= 15 is 0 Å². The van der Waals surface area contributed by atoms with Crippen LogP contribution in [0.4, 0.5) is 4.39 Å². The van der Waals surface area contributed by atoms with Crippen LogP contribution in [0.2, 0.25) is 0 Å². The van der Waals surface area contributed by atoms with Crippen LogP contribution >= 0.6 is 0 Å². The van der Waals surface area contributed by atoms with Crippen molar-refractivity contribution in [3.8, 4) is 5.75 Å². The summed E-state index contributed by atoms with van der Waals surface area (Å²) in [5, 5.41) is 6.94. The monoisotopic (exact) mass is 547 g/mol. The van der Waals surface area contributed by atoms with Crippen molar-refractivity contribution in [2.75, 3.05) is 25.7 Å². The Morgan fingerprint density at radius 1 is 1.24 bits per heavy atom. The van der Waals surface area contributed by atoms with E-state index in [1.54, 1.807) is 17.9 Å². The molecule has 3 heterocycles. The highest BCUT2D eigenvalue weighted by Crippen LogP contribution is 2.28. The molecule has 0 radical (unpaired) electrons. The van der Waals surface area contributed by atoms with Gasteiger partial charge in [0.2, 0.25) is 5.91 Å². The molecule has 38 heavy (non-hydrogen) atoms. The molecule has 0 aliphatic carbocycles. The molecule has 2 aromatic rings. The molecular formula is C25H30FN5O6S. The Balaban J connectivity index is 1.44. The van der Waals surface area contributed by atoms with E-state index in [1.807, 2.05) is 0 Å². The molecule has 1 N–H and O–H groups in total. The SMILES string of the molecule is COc1cc(CNC(=O)c2cc(C3=NOC(C4CCCCN4C(=O)CS(C)(=O)=O)C3)nc(C)n2)ccc1F. The predicted molar refractivity (Wildman–Crippen MR) is 136 cm³/mol. The molecule has 4 rings (SSSR count). The zero-order chi connectivity index (χ0) is 27.4. The molecule has 2 unspecified atom stereocenters. The average molecular weight is 548 g/mol. The van der Waals surface area contributed by atoms with E-state index in [0.717, 1.165) is 19.1 Å². The normalized spacial score (nSPS) is 19.5. The molecule has 1 aromatic carbocycles. The molecule has 0 spiro atoms. The summed E-state index contributed by atoms with van der Waals surface area (Å²) in [5.74, 6) is -1.47. The first kappa shape index (κ1) is 27.4. The quantitative estimate of drug-likeness (QED) is 0.528. The van der Waals surface area contributed by atoms with Crippen molar-refractivity contribution in [1.29, 1.82) is 0 Å². The number of nitrogens with one attached hydrogen (secondary N) is 1. The number of likely N-dealkylation sites (tertiary alicyclic amines) is 1. The van der Waals surface area contributed by atoms with E-state index in [4.69, 9.17) is 9.57 Å². The van der Waals surface area contributed by atoms with E-state index in [-0.39, 0.29) is 24.0 Å². The van der Waals surface area contributed by atoms with Gasteiger partial charge in [0, 0.05) is 25.8 Å². The molecule has 13 heteroatoms. The highest BCUT2D eigenvalue weighted by atomic mass is 32.2. The van der Waals surface area contributed by atoms with Gasteiger partial charge < -0.3 is 19.8 Å². The first-order chi connectivity index (χ1) is 18.0. The molecule has 204 valence electrons. The molecule has 1 fully saturated rings. The second-order valence-electron chi connectivity index (χ2n) is 9.44. The number of ether oxygens (including phenoxy) is 1. The Kier molecular flexibility index (Phi) is 8.24. The smallest absolute Gasteiger partial charge is 0.270 e. The second kappa shape index (κ2) is 11.4. The molecule has 11 nitrogen and oxygen atoms in total. The number of rotatable bonds is 8. The molecule has 2 aliphatic heterocycles. The molecule has 2 atom stereocenters. The van der Waals surface area contributed by atoms with Crippen LogP contribution in [0.25, 0.3) is 0 Å². The third-order valence-electron chi connectivity index (χ3n) is 6.41. The Morgan fingerprint density at radius 3 is 2.76 bits per heavy atom. The number of benzene rings is 1. The van der Waals surface area contributed by atoms with Crippen LogP contribution < -0.4 is 10.1 Å². The van der Waals surface area contributed by atoms with Gasteiger partial charge in [0.15, 0.2) is 27.5 Å². The lowest BCUT2D eigenvalue weighted by molar-refractivity contribution is -0.136. The molecule has 0 saturated carbocycles. The maximum absolute atomic E-state index is 13.6. The fourth-order valence-electron chi connectivity index (χ4n) is 4.63. The standard InChI is InChI=1S/C25H30FN5O6S/c1-15-28-18(11-20(29-15)25(33)27-13-16-7-8-17(26)22(10-16)36-2)19-12-23(37-30-19)21-6-4-5-9-31(21)24(32)14-38(3,34)35/h7-8,10-11,21,23H,4-6,9,12-14H2,1-3H3,(H,27,33). The van der Waals surface area contributed by atoms with Gasteiger partial charge in [-0.3, -0.25) is 9.59 Å². The van der Waals surface area contributed by atoms with Gasteiger partial charge in [-0.05, 0) is 49.9 Å². The van der Waals surface area contributed by atoms with Crippen molar-refractivity contribution in [1.82, 2.24) is 20.2 Å². The predicted octanol–water partition coefficient (Wildman–Crippen LogP) is 1.78. The van der Waals surface area contributed by atoms with Crippen molar-refractivity contribution in [2.45, 2.75) is 51.3 Å². The largest absolute Gasteiger partial charge is 0.494 e. The van der Waals surface area contributed by atoms with Crippen LogP contribution in [0.5, 0.6) is 5.75 Å². The third-order valence-corrected chi connectivity index (χ3v) is 7.18. The zero-order valence-electron chi connectivity index (χ0n) is 21.4. The fraction of sp³-hybridized carbons (Fsp3) is 0.480. The van der Waals surface area contributed by atoms with E-state index in [1.165, 1.54) is 25.3 Å². The zero-order valence-corrected chi connectivity index (χ0v) is 22.3. The lowest BCUT2D eigenvalue weighted by Crippen LogP contribution is -2.51. The highest BCUT2D eigenvalue weighted by Gasteiger charge is 2.39. The number of carbonyl (C=O) groups excluding carboxylic acids is 2. The minimum atomic E-state index is -3.46. The van der Waals surface area contributed by atoms with Crippen LogP contribution in [0, 0.1) is 12.7 Å². The molecule has 1 aromatic heterocycles. The van der Waals surface area contributed by atoms with Gasteiger partial charge in [-0.2, -0.15) is 0 Å². The molecule has 2 amide bonds. The van der Waals surface area contributed by atoms with Crippen molar-refractivity contribution in [3.05, 3.63) is 52.9 Å². The molecule has 0 bridgehead atoms. The number of sulfone groups is 1. The minimum Gasteiger partial charge on any atom is -0.494 e. The number of oxime groups is 1. The lowest BCUT2D eigenvalue weighted by Gasteiger charge is -2.37. The summed E-state index contributed by atoms with van der Waals surface area (Å²) in [5.41, 5.74) is 1.73. The van der Waals surface area contributed by atoms with Gasteiger partial charge in [0.1, 0.15) is 23.0 Å². The van der Waals surface area contributed by atoms with Crippen molar-refractivity contribution in [2.24, 2.45) is 5.16 Å². The van der Waals surface area contributed by atoms with Gasteiger partial charge in [-0.1, -0.05) is 11.2 Å². The summed E-state index contributed by atoms with van der Waals surface area (Å²) in [6.07, 6.45) is 3.29. The van der Waals surface area contributed by atoms with Crippen molar-refractivity contribution < 1.29 is 32.0 Å². The topological polar surface area (TPSA) is 140 Å². The van der Waals surface area contributed by atoms with Gasteiger partial charge in [0.05, 0.1) is 18.8 Å². The van der Waals surface area contributed by atoms with Crippen molar-refractivity contribution in [3.63, 3.8) is 0 Å². The van der Waals surface area contributed by atoms with E-state index in [9.17, 15) is 22.4 Å². The number of aryl methyl sites for hydroxylation is 1. The molecular weight excluding hydrogens is 517 g/mol. The number of nitrogens with zero attached hydrogens (tertiary/aromatic N) is 4. The van der Waals surface area contributed by atoms with Crippen LogP contribution in [-0.4, -0.2) is 78.6 Å². The Labute approximate surface area is 220 Å². The van der Waals surface area contributed by atoms with Gasteiger partial charge >= 0.3 is 0 Å². The second-order valence-corrected chi connectivity index (χ2v) is 11.6. The summed E-state index contributed by atoms with van der Waals surface area (Å²) in [7, 11) is -2.09. The summed E-state index contributed by atoms with van der Waals surface area (Å²) < 4.78 is 42.0. The third kappa shape index (κ3) is 6.63. The number of methoxy groups -OCH3 is 1. The van der Waals surface area contributed by atoms with E-state index in [0.29, 0.717) is 42.2 Å². The van der Waals surface area contributed by atoms with Crippen LogP contribution in [0.1, 0.15) is 53.3 Å². The Bertz CT molecular complexity index is 1370. The molecule has 2 aliphatic rings. The van der Waals surface area contributed by atoms with Crippen LogP contribution in [0.15, 0.2) is 29.4 Å². The summed E-state index contributed by atoms with van der Waals surface area (Å²) in [6.45, 7) is 2.26. The van der Waals surface area contributed by atoms with Gasteiger partial charge in [-0.25, -0.2) is 22.8 Å². The maximum atomic E-state index is 13.6. The Morgan fingerprint density at radius 2 is 2.03 bits per heavy atom. The number of piperidine rings is 1. The number of hydrogen-bond donors (Lipinski definition) is 1. The van der Waals surface area contributed by atoms with E-state index in [2.05, 4.69) is 20.4 Å². The lowest BCUT2D eigenvalue weighted by atomic mass is 9.94. The van der Waals surface area contributed by atoms with Crippen molar-refractivity contribution >= 4 is 27.4 Å². The first-order valence-corrected chi connectivity index (χ1v) is 14.3. The fourth-order valence-corrected chi connectivity index (χ4v) is 5.25. The van der Waals surface area contributed by atoms with Gasteiger partial charge in [0.25, 0.3) is 5.91 Å². The minimum absolute atomic E-state index is 0.0836. The number of carbonyl (C=O) groups is 2. The Hall–Kier alpha value is -3.61.